The molecule has 0 aromatic carbocycles. The molecule has 0 atom stereocenters. The molecule has 12 heteroatoms. The molecular formula is C68H116N12. The summed E-state index contributed by atoms with van der Waals surface area (Å²) in [6, 6.07) is 16.2. The van der Waals surface area contributed by atoms with Crippen molar-refractivity contribution in [1.82, 2.24) is 59.8 Å². The first-order chi connectivity index (χ1) is 38.3. The summed E-state index contributed by atoms with van der Waals surface area (Å²) in [5.74, 6) is 1.66. The van der Waals surface area contributed by atoms with Crippen molar-refractivity contribution in [2.75, 3.05) is 0 Å². The molecule has 448 valence electrons. The fourth-order valence-electron chi connectivity index (χ4n) is 4.59. The first kappa shape index (κ1) is 89.5. The Morgan fingerprint density at radius 2 is 0.475 bits per heavy atom. The average Bonchev–Trinajstić information content (AvgIpc) is 3.47. The number of aryl methyl sites for hydroxylation is 16. The summed E-state index contributed by atoms with van der Waals surface area (Å²) in [5.41, 5.74) is 15.4. The molecule has 8 aromatic rings. The molecule has 0 spiro atoms. The fraction of sp³-hybridized carbons (Fsp3) is 0.471. The number of pyridine rings is 4. The van der Waals surface area contributed by atoms with Crippen LogP contribution in [0.15, 0.2) is 123 Å². The minimum absolute atomic E-state index is 0.829. The zero-order valence-electron chi connectivity index (χ0n) is 56.9. The van der Waals surface area contributed by atoms with Gasteiger partial charge in [-0.1, -0.05) is 123 Å². The highest BCUT2D eigenvalue weighted by Gasteiger charge is 1.87. The fourth-order valence-corrected chi connectivity index (χ4v) is 4.59. The van der Waals surface area contributed by atoms with E-state index in [1.165, 1.54) is 22.3 Å². The summed E-state index contributed by atoms with van der Waals surface area (Å²) >= 11 is 0. The van der Waals surface area contributed by atoms with Crippen LogP contribution in [0.25, 0.3) is 0 Å². The van der Waals surface area contributed by atoms with Crippen LogP contribution in [0, 0.1) is 111 Å². The number of hydrogen-bond donors (Lipinski definition) is 0. The molecule has 8 aromatic heterocycles. The first-order valence-corrected chi connectivity index (χ1v) is 28.9. The van der Waals surface area contributed by atoms with E-state index in [-0.39, 0.29) is 0 Å². The molecule has 80 heavy (non-hydrogen) atoms. The van der Waals surface area contributed by atoms with Gasteiger partial charge in [0.15, 0.2) is 0 Å². The van der Waals surface area contributed by atoms with E-state index < -0.39 is 0 Å². The highest BCUT2D eigenvalue weighted by atomic mass is 14.8. The standard InChI is InChI=1S/4C7H9N.4C6H8N2.8C2H6/c1-6-3-7(2)5-8-4-6;2*1-6-3-4-8-7(2)5-6;1-6-4-3-5-7(2)8-6;2*1-5-3-8-6(2)4-7-5;2*1-5-3-7-6(2)8-4-5;8*1-2/h4*3-5H,1-2H3;4*3-4H,1-2H3;8*1-2H3. The molecule has 8 heterocycles. The average molecular weight is 1100 g/mol. The Hall–Kier alpha value is -7.08. The third kappa shape index (κ3) is 65.2. The largest absolute Gasteiger partial charge is 0.264 e. The molecule has 8 rings (SSSR count). The Kier molecular flexibility index (Phi) is 76.1. The molecule has 0 bridgehead atoms. The minimum Gasteiger partial charge on any atom is -0.264 e. The molecule has 0 aliphatic heterocycles. The van der Waals surface area contributed by atoms with E-state index in [0.717, 1.165) is 68.3 Å². The van der Waals surface area contributed by atoms with Crippen molar-refractivity contribution >= 4 is 0 Å². The maximum Gasteiger partial charge on any atom is 0.125 e. The van der Waals surface area contributed by atoms with E-state index in [0.29, 0.717) is 0 Å². The van der Waals surface area contributed by atoms with Crippen LogP contribution >= 0.6 is 0 Å². The Labute approximate surface area is 492 Å². The van der Waals surface area contributed by atoms with Crippen LogP contribution < -0.4 is 0 Å². The highest BCUT2D eigenvalue weighted by molar-refractivity contribution is 5.15. The van der Waals surface area contributed by atoms with E-state index in [9.17, 15) is 0 Å². The summed E-state index contributed by atoms with van der Waals surface area (Å²) in [6.07, 6.45) is 21.6. The lowest BCUT2D eigenvalue weighted by molar-refractivity contribution is 1.03. The normalized spacial score (nSPS) is 8.00. The van der Waals surface area contributed by atoms with Crippen molar-refractivity contribution in [3.63, 3.8) is 0 Å². The van der Waals surface area contributed by atoms with E-state index in [1.807, 2.05) is 288 Å². The Bertz CT molecular complexity index is 1940. The van der Waals surface area contributed by atoms with Gasteiger partial charge in [-0.25, -0.2) is 19.9 Å². The Morgan fingerprint density at radius 1 is 0.212 bits per heavy atom. The predicted octanol–water partition coefficient (Wildman–Crippen LogP) is 19.4. The van der Waals surface area contributed by atoms with E-state index in [2.05, 4.69) is 91.9 Å². The van der Waals surface area contributed by atoms with Crippen molar-refractivity contribution in [3.8, 4) is 0 Å². The van der Waals surface area contributed by atoms with Crippen molar-refractivity contribution in [2.24, 2.45) is 0 Å². The Balaban J connectivity index is -0.000000119. The van der Waals surface area contributed by atoms with Crippen molar-refractivity contribution in [2.45, 2.75) is 222 Å². The third-order valence-electron chi connectivity index (χ3n) is 7.78. The van der Waals surface area contributed by atoms with Gasteiger partial charge in [0.05, 0.1) is 22.8 Å². The van der Waals surface area contributed by atoms with Gasteiger partial charge in [-0.15, -0.1) is 0 Å². The molecule has 0 saturated carbocycles. The van der Waals surface area contributed by atoms with Crippen LogP contribution in [0.3, 0.4) is 0 Å². The Morgan fingerprint density at radius 3 is 0.625 bits per heavy atom. The topological polar surface area (TPSA) is 155 Å². The SMILES string of the molecule is CC.CC.CC.CC.CC.CC.CC.CC.Cc1cccc(C)n1.Cc1ccnc(C)c1.Cc1ccnc(C)c1.Cc1cnc(C)cn1.Cc1cnc(C)cn1.Cc1cnc(C)nc1.Cc1cnc(C)nc1.Cc1cncc(C)c1. The third-order valence-corrected chi connectivity index (χ3v) is 7.78. The molecule has 0 aliphatic carbocycles. The van der Waals surface area contributed by atoms with Gasteiger partial charge < -0.3 is 0 Å². The maximum absolute atomic E-state index is 4.17. The molecule has 0 N–H and O–H groups in total. The predicted molar refractivity (Wildman–Crippen MR) is 352 cm³/mol. The van der Waals surface area contributed by atoms with Gasteiger partial charge in [-0.2, -0.15) is 0 Å². The van der Waals surface area contributed by atoms with Gasteiger partial charge in [0.25, 0.3) is 0 Å². The summed E-state index contributed by atoms with van der Waals surface area (Å²) in [5, 5.41) is 0. The van der Waals surface area contributed by atoms with Crippen molar-refractivity contribution < 1.29 is 0 Å². The summed E-state index contributed by atoms with van der Waals surface area (Å²) < 4.78 is 0. The number of rotatable bonds is 0. The van der Waals surface area contributed by atoms with Crippen LogP contribution in [0.1, 0.15) is 201 Å². The lowest BCUT2D eigenvalue weighted by Gasteiger charge is -1.90. The van der Waals surface area contributed by atoms with E-state index in [1.54, 1.807) is 24.8 Å². The monoisotopic (exact) mass is 1100 g/mol. The van der Waals surface area contributed by atoms with E-state index >= 15 is 0 Å². The number of aromatic nitrogens is 12. The van der Waals surface area contributed by atoms with Crippen LogP contribution in [-0.4, -0.2) is 59.8 Å². The second-order valence-electron chi connectivity index (χ2n) is 15.1. The number of hydrogen-bond acceptors (Lipinski definition) is 12. The van der Waals surface area contributed by atoms with Crippen LogP contribution in [0.4, 0.5) is 0 Å². The molecule has 0 aliphatic rings. The van der Waals surface area contributed by atoms with Gasteiger partial charge in [-0.05, 0) is 181 Å². The number of nitrogens with zero attached hydrogens (tertiary/aromatic N) is 12. The summed E-state index contributed by atoms with van der Waals surface area (Å²) in [6.45, 7) is 63.6. The van der Waals surface area contributed by atoms with Crippen molar-refractivity contribution in [3.05, 3.63) is 213 Å². The molecule has 0 saturated heterocycles. The van der Waals surface area contributed by atoms with Gasteiger partial charge in [0, 0.05) is 97.1 Å². The minimum atomic E-state index is 0.829. The van der Waals surface area contributed by atoms with Crippen LogP contribution in [0.5, 0.6) is 0 Å². The first-order valence-electron chi connectivity index (χ1n) is 28.9. The van der Waals surface area contributed by atoms with Gasteiger partial charge >= 0.3 is 0 Å². The molecule has 0 fully saturated rings. The maximum atomic E-state index is 4.17. The van der Waals surface area contributed by atoms with Gasteiger partial charge in [0.1, 0.15) is 11.6 Å². The summed E-state index contributed by atoms with van der Waals surface area (Å²) in [7, 11) is 0. The zero-order chi connectivity index (χ0) is 63.9. The molecule has 0 unspecified atom stereocenters. The quantitative estimate of drug-likeness (QED) is 0.142. The van der Waals surface area contributed by atoms with Gasteiger partial charge in [0.2, 0.25) is 0 Å². The van der Waals surface area contributed by atoms with Crippen molar-refractivity contribution in [1.29, 1.82) is 0 Å². The molecule has 0 amide bonds. The molecule has 12 nitrogen and oxygen atoms in total. The lowest BCUT2D eigenvalue weighted by Crippen LogP contribution is -1.84. The second-order valence-corrected chi connectivity index (χ2v) is 15.1. The summed E-state index contributed by atoms with van der Waals surface area (Å²) in [4.78, 5) is 48.2. The molecular weight excluding hydrogens is 985 g/mol. The highest BCUT2D eigenvalue weighted by Crippen LogP contribution is 1.99. The van der Waals surface area contributed by atoms with E-state index in [4.69, 9.17) is 0 Å². The lowest BCUT2D eigenvalue weighted by atomic mass is 10.2. The zero-order valence-corrected chi connectivity index (χ0v) is 56.9. The smallest absolute Gasteiger partial charge is 0.125 e. The molecule has 0 radical (unpaired) electrons. The van der Waals surface area contributed by atoms with Crippen LogP contribution in [0.2, 0.25) is 0 Å². The second kappa shape index (κ2) is 68.0. The van der Waals surface area contributed by atoms with Crippen LogP contribution in [-0.2, 0) is 0 Å². The van der Waals surface area contributed by atoms with Gasteiger partial charge in [-0.3, -0.25) is 39.9 Å².